The molecule has 1 aromatic heterocycles. The van der Waals surface area contributed by atoms with Crippen molar-refractivity contribution in [1.82, 2.24) is 9.13 Å². The Morgan fingerprint density at radius 1 is 1.50 bits per heavy atom. The molecule has 0 aliphatic carbocycles. The maximum atomic E-state index is 13.8. The Hall–Kier alpha value is -1.51. The minimum Gasteiger partial charge on any atom is -0.394 e. The van der Waals surface area contributed by atoms with Gasteiger partial charge >= 0.3 is 5.69 Å². The van der Waals surface area contributed by atoms with E-state index in [9.17, 15) is 19.1 Å². The summed E-state index contributed by atoms with van der Waals surface area (Å²) >= 11 is 0. The molecule has 8 heteroatoms. The summed E-state index contributed by atoms with van der Waals surface area (Å²) in [6, 6.07) is 1.09. The standard InChI is InChI=1S/C10H13FN2O5/c1-12-6(15)2-3-13(10(12)17)9-7(11)8(16)5(4-14)18-9/h2-3,5,7-9,14,16H,4H2,1H3/t5-,7-,8-,9-/m1/s1. The molecule has 0 amide bonds. The van der Waals surface area contributed by atoms with Crippen molar-refractivity contribution in [2.24, 2.45) is 7.05 Å². The Bertz CT molecular complexity index is 554. The first-order valence-electron chi connectivity index (χ1n) is 5.34. The number of aromatic nitrogens is 2. The molecule has 0 saturated carbocycles. The van der Waals surface area contributed by atoms with Crippen LogP contribution in [-0.2, 0) is 11.8 Å². The van der Waals surface area contributed by atoms with E-state index in [0.717, 1.165) is 21.4 Å². The smallest absolute Gasteiger partial charge is 0.332 e. The summed E-state index contributed by atoms with van der Waals surface area (Å²) in [7, 11) is 1.25. The number of rotatable bonds is 2. The van der Waals surface area contributed by atoms with Crippen LogP contribution in [0.25, 0.3) is 0 Å². The van der Waals surface area contributed by atoms with Crippen molar-refractivity contribution >= 4 is 0 Å². The van der Waals surface area contributed by atoms with E-state index in [1.54, 1.807) is 0 Å². The molecule has 1 fully saturated rings. The molecule has 0 unspecified atom stereocenters. The molecule has 4 atom stereocenters. The van der Waals surface area contributed by atoms with Crippen LogP contribution in [0.2, 0.25) is 0 Å². The lowest BCUT2D eigenvalue weighted by Gasteiger charge is -2.16. The third kappa shape index (κ3) is 1.88. The predicted molar refractivity (Wildman–Crippen MR) is 57.8 cm³/mol. The van der Waals surface area contributed by atoms with Crippen molar-refractivity contribution in [2.75, 3.05) is 6.61 Å². The molecule has 1 aliphatic rings. The Morgan fingerprint density at radius 3 is 2.72 bits per heavy atom. The average molecular weight is 260 g/mol. The van der Waals surface area contributed by atoms with Crippen LogP contribution in [0, 0.1) is 0 Å². The Kier molecular flexibility index (Phi) is 3.33. The molecule has 18 heavy (non-hydrogen) atoms. The van der Waals surface area contributed by atoms with E-state index >= 15 is 0 Å². The number of aliphatic hydroxyl groups excluding tert-OH is 2. The summed E-state index contributed by atoms with van der Waals surface area (Å²) in [6.45, 7) is -0.557. The lowest BCUT2D eigenvalue weighted by Crippen LogP contribution is -2.40. The van der Waals surface area contributed by atoms with E-state index in [4.69, 9.17) is 9.84 Å². The number of ether oxygens (including phenoxy) is 1. The summed E-state index contributed by atoms with van der Waals surface area (Å²) in [5.74, 6) is 0. The number of hydrogen-bond donors (Lipinski definition) is 2. The summed E-state index contributed by atoms with van der Waals surface area (Å²) in [4.78, 5) is 23.0. The molecular weight excluding hydrogens is 247 g/mol. The number of nitrogens with zero attached hydrogens (tertiary/aromatic N) is 2. The Morgan fingerprint density at radius 2 is 2.17 bits per heavy atom. The van der Waals surface area contributed by atoms with Crippen LogP contribution >= 0.6 is 0 Å². The number of hydrogen-bond acceptors (Lipinski definition) is 5. The van der Waals surface area contributed by atoms with Crippen LogP contribution in [0.1, 0.15) is 6.23 Å². The molecule has 1 aliphatic heterocycles. The fraction of sp³-hybridized carbons (Fsp3) is 0.600. The van der Waals surface area contributed by atoms with Gasteiger partial charge in [-0.05, 0) is 0 Å². The van der Waals surface area contributed by atoms with Crippen LogP contribution in [0.5, 0.6) is 0 Å². The number of alkyl halides is 1. The normalized spacial score (nSPS) is 31.8. The second-order valence-electron chi connectivity index (χ2n) is 4.09. The van der Waals surface area contributed by atoms with Crippen molar-refractivity contribution in [3.05, 3.63) is 33.1 Å². The summed E-state index contributed by atoms with van der Waals surface area (Å²) < 4.78 is 20.5. The van der Waals surface area contributed by atoms with Gasteiger partial charge in [0.05, 0.1) is 6.61 Å². The molecule has 100 valence electrons. The molecule has 2 rings (SSSR count). The lowest BCUT2D eigenvalue weighted by molar-refractivity contribution is -0.0495. The molecule has 1 saturated heterocycles. The van der Waals surface area contributed by atoms with Crippen LogP contribution in [0.4, 0.5) is 4.39 Å². The van der Waals surface area contributed by atoms with E-state index in [1.165, 1.54) is 7.05 Å². The van der Waals surface area contributed by atoms with Gasteiger partial charge in [-0.15, -0.1) is 0 Å². The minimum atomic E-state index is -1.85. The van der Waals surface area contributed by atoms with E-state index in [2.05, 4.69) is 0 Å². The summed E-state index contributed by atoms with van der Waals surface area (Å²) in [5.41, 5.74) is -1.27. The third-order valence-electron chi connectivity index (χ3n) is 2.96. The minimum absolute atomic E-state index is 0.524. The highest BCUT2D eigenvalue weighted by Gasteiger charge is 2.45. The van der Waals surface area contributed by atoms with Gasteiger partial charge in [-0.2, -0.15) is 0 Å². The third-order valence-corrected chi connectivity index (χ3v) is 2.96. The molecule has 7 nitrogen and oxygen atoms in total. The topological polar surface area (TPSA) is 93.7 Å². The van der Waals surface area contributed by atoms with E-state index < -0.39 is 42.5 Å². The van der Waals surface area contributed by atoms with E-state index in [-0.39, 0.29) is 0 Å². The monoisotopic (exact) mass is 260 g/mol. The van der Waals surface area contributed by atoms with Gasteiger partial charge in [0.2, 0.25) is 0 Å². The van der Waals surface area contributed by atoms with Gasteiger partial charge in [-0.3, -0.25) is 13.9 Å². The van der Waals surface area contributed by atoms with Gasteiger partial charge in [0, 0.05) is 19.3 Å². The Balaban J connectivity index is 2.42. The first-order valence-corrected chi connectivity index (χ1v) is 5.34. The molecular formula is C10H13FN2O5. The summed E-state index contributed by atoms with van der Waals surface area (Å²) in [6.07, 6.45) is -4.69. The zero-order valence-corrected chi connectivity index (χ0v) is 9.56. The number of aliphatic hydroxyl groups is 2. The highest BCUT2D eigenvalue weighted by atomic mass is 19.1. The van der Waals surface area contributed by atoms with Crippen molar-refractivity contribution in [2.45, 2.75) is 24.6 Å². The van der Waals surface area contributed by atoms with Crippen molar-refractivity contribution in [3.63, 3.8) is 0 Å². The zero-order chi connectivity index (χ0) is 13.4. The second kappa shape index (κ2) is 4.63. The fourth-order valence-electron chi connectivity index (χ4n) is 1.86. The molecule has 2 heterocycles. The maximum Gasteiger partial charge on any atom is 0.332 e. The van der Waals surface area contributed by atoms with Gasteiger partial charge in [0.1, 0.15) is 12.2 Å². The fourth-order valence-corrected chi connectivity index (χ4v) is 1.86. The van der Waals surface area contributed by atoms with Gasteiger partial charge in [-0.1, -0.05) is 0 Å². The van der Waals surface area contributed by atoms with Crippen molar-refractivity contribution < 1.29 is 19.3 Å². The van der Waals surface area contributed by atoms with Gasteiger partial charge in [0.25, 0.3) is 5.56 Å². The van der Waals surface area contributed by atoms with Crippen molar-refractivity contribution in [3.8, 4) is 0 Å². The SMILES string of the molecule is Cn1c(=O)ccn([C@@H]2O[C@H](CO)[C@@H](O)[C@H]2F)c1=O. The van der Waals surface area contributed by atoms with Crippen LogP contribution < -0.4 is 11.2 Å². The van der Waals surface area contributed by atoms with Crippen LogP contribution in [0.3, 0.4) is 0 Å². The highest BCUT2D eigenvalue weighted by Crippen LogP contribution is 2.30. The molecule has 0 aromatic carbocycles. The zero-order valence-electron chi connectivity index (χ0n) is 9.56. The molecule has 0 radical (unpaired) electrons. The van der Waals surface area contributed by atoms with Crippen molar-refractivity contribution in [1.29, 1.82) is 0 Å². The predicted octanol–water partition coefficient (Wildman–Crippen LogP) is -1.86. The largest absolute Gasteiger partial charge is 0.394 e. The van der Waals surface area contributed by atoms with E-state index in [0.29, 0.717) is 0 Å². The molecule has 2 N–H and O–H groups in total. The quantitative estimate of drug-likeness (QED) is 0.650. The van der Waals surface area contributed by atoms with E-state index in [1.807, 2.05) is 0 Å². The molecule has 1 aromatic rings. The van der Waals surface area contributed by atoms with Gasteiger partial charge in [0.15, 0.2) is 12.4 Å². The van der Waals surface area contributed by atoms with Gasteiger partial charge in [-0.25, -0.2) is 9.18 Å². The van der Waals surface area contributed by atoms with Crippen LogP contribution in [-0.4, -0.2) is 44.3 Å². The molecule has 0 spiro atoms. The highest BCUT2D eigenvalue weighted by molar-refractivity contribution is 4.94. The first kappa shape index (κ1) is 12.9. The van der Waals surface area contributed by atoms with Crippen LogP contribution in [0.15, 0.2) is 21.9 Å². The Labute approximate surface area is 101 Å². The lowest BCUT2D eigenvalue weighted by atomic mass is 10.1. The van der Waals surface area contributed by atoms with Gasteiger partial charge < -0.3 is 14.9 Å². The summed E-state index contributed by atoms with van der Waals surface area (Å²) in [5, 5.41) is 18.4. The number of halogens is 1. The molecule has 0 bridgehead atoms. The first-order chi connectivity index (χ1) is 8.47. The average Bonchev–Trinajstić information content (AvgIpc) is 2.64. The second-order valence-corrected chi connectivity index (χ2v) is 4.09. The maximum absolute atomic E-state index is 13.8.